The normalized spacial score (nSPS) is 31.8. The van der Waals surface area contributed by atoms with Crippen LogP contribution in [-0.2, 0) is 23.9 Å². The topological polar surface area (TPSA) is 96.4 Å². The van der Waals surface area contributed by atoms with E-state index in [-0.39, 0.29) is 37.0 Å². The second-order valence-corrected chi connectivity index (χ2v) is 13.1. The van der Waals surface area contributed by atoms with Crippen LogP contribution in [-0.4, -0.2) is 81.8 Å². The Balaban J connectivity index is 1.74. The number of amides is 2. The van der Waals surface area contributed by atoms with Crippen LogP contribution in [0, 0.1) is 17.8 Å². The number of hydrogen-bond acceptors (Lipinski definition) is 6. The van der Waals surface area contributed by atoms with Crippen molar-refractivity contribution in [2.45, 2.75) is 127 Å². The molecule has 230 valence electrons. The quantitative estimate of drug-likeness (QED) is 0.172. The number of carbonyl (C=O) groups excluding carboxylic acids is 3. The zero-order chi connectivity index (χ0) is 29.8. The highest BCUT2D eigenvalue weighted by atomic mass is 16.6. The summed E-state index contributed by atoms with van der Waals surface area (Å²) in [5.41, 5.74) is -1.95. The highest BCUT2D eigenvalue weighted by Gasteiger charge is 2.79. The van der Waals surface area contributed by atoms with E-state index < -0.39 is 41.1 Å². The Bertz CT molecular complexity index is 977. The maximum absolute atomic E-state index is 14.8. The molecule has 2 bridgehead atoms. The molecule has 3 heterocycles. The Labute approximate surface area is 246 Å². The van der Waals surface area contributed by atoms with Gasteiger partial charge in [0.05, 0.1) is 30.8 Å². The Morgan fingerprint density at radius 3 is 2.51 bits per heavy atom. The number of likely N-dealkylation sites (tertiary alicyclic amines) is 1. The van der Waals surface area contributed by atoms with Crippen LogP contribution >= 0.6 is 0 Å². The number of allylic oxidation sites excluding steroid dienone is 1. The molecule has 0 aromatic carbocycles. The average molecular weight is 573 g/mol. The Kier molecular flexibility index (Phi) is 10.4. The third kappa shape index (κ3) is 5.75. The maximum Gasteiger partial charge on any atom is 0.312 e. The van der Waals surface area contributed by atoms with Gasteiger partial charge in [0.15, 0.2) is 0 Å². The van der Waals surface area contributed by atoms with E-state index in [1.165, 1.54) is 0 Å². The smallest absolute Gasteiger partial charge is 0.312 e. The van der Waals surface area contributed by atoms with Gasteiger partial charge >= 0.3 is 5.97 Å². The average Bonchev–Trinajstić information content (AvgIpc) is 3.58. The van der Waals surface area contributed by atoms with Crippen LogP contribution in [0.25, 0.3) is 0 Å². The van der Waals surface area contributed by atoms with E-state index in [0.717, 1.165) is 51.4 Å². The lowest BCUT2D eigenvalue weighted by Crippen LogP contribution is -2.60. The van der Waals surface area contributed by atoms with Crippen LogP contribution in [0.15, 0.2) is 25.3 Å². The van der Waals surface area contributed by atoms with Crippen LogP contribution in [0.5, 0.6) is 0 Å². The monoisotopic (exact) mass is 572 g/mol. The highest BCUT2D eigenvalue weighted by molar-refractivity contribution is 5.99. The standard InChI is InChI=1S/C33H52N2O6/c1-6-9-10-14-20-40-31(39)27-26-29(37)35(25(22-36)21-23(4)5)28(33(26)18-17-32(27,8-3)41-33)30(38)34(19-7-2)24-15-12-11-13-16-24/h6-7,23-28,36H,1-2,8-22H2,3-5H3/t25-,26+,27+,28?,32-,33?/m1/s1. The van der Waals surface area contributed by atoms with Gasteiger partial charge in [-0.1, -0.05) is 52.2 Å². The summed E-state index contributed by atoms with van der Waals surface area (Å²) in [4.78, 5) is 46.6. The second-order valence-electron chi connectivity index (χ2n) is 13.1. The molecule has 1 aliphatic carbocycles. The fraction of sp³-hybridized carbons (Fsp3) is 0.788. The fourth-order valence-corrected chi connectivity index (χ4v) is 8.27. The summed E-state index contributed by atoms with van der Waals surface area (Å²) in [5.74, 6) is -2.17. The number of aliphatic hydroxyl groups is 1. The molecule has 2 amide bonds. The number of unbranched alkanes of at least 4 members (excludes halogenated alkanes) is 2. The van der Waals surface area contributed by atoms with E-state index in [1.807, 2.05) is 31.7 Å². The number of ether oxygens (including phenoxy) is 2. The van der Waals surface area contributed by atoms with Gasteiger partial charge in [-0.15, -0.1) is 13.2 Å². The van der Waals surface area contributed by atoms with Gasteiger partial charge in [-0.3, -0.25) is 14.4 Å². The third-order valence-corrected chi connectivity index (χ3v) is 10.1. The molecular formula is C33H52N2O6. The van der Waals surface area contributed by atoms with E-state index in [1.54, 1.807) is 11.0 Å². The molecular weight excluding hydrogens is 520 g/mol. The van der Waals surface area contributed by atoms with Crippen LogP contribution in [0.3, 0.4) is 0 Å². The van der Waals surface area contributed by atoms with Crippen molar-refractivity contribution in [3.05, 3.63) is 25.3 Å². The molecule has 1 saturated carbocycles. The van der Waals surface area contributed by atoms with Crippen LogP contribution in [0.4, 0.5) is 0 Å². The van der Waals surface area contributed by atoms with Crippen molar-refractivity contribution in [1.82, 2.24) is 9.80 Å². The number of hydrogen-bond donors (Lipinski definition) is 1. The molecule has 8 nitrogen and oxygen atoms in total. The predicted molar refractivity (Wildman–Crippen MR) is 158 cm³/mol. The van der Waals surface area contributed by atoms with Gasteiger partial charge in [0.1, 0.15) is 17.6 Å². The maximum atomic E-state index is 14.8. The van der Waals surface area contributed by atoms with E-state index in [0.29, 0.717) is 32.2 Å². The van der Waals surface area contributed by atoms with Gasteiger partial charge in [0, 0.05) is 12.6 Å². The molecule has 41 heavy (non-hydrogen) atoms. The summed E-state index contributed by atoms with van der Waals surface area (Å²) in [7, 11) is 0. The van der Waals surface area contributed by atoms with E-state index in [2.05, 4.69) is 13.2 Å². The van der Waals surface area contributed by atoms with Crippen molar-refractivity contribution < 1.29 is 29.0 Å². The molecule has 1 spiro atoms. The van der Waals surface area contributed by atoms with Crippen LogP contribution in [0.2, 0.25) is 0 Å². The zero-order valence-corrected chi connectivity index (χ0v) is 25.5. The minimum absolute atomic E-state index is 0.0781. The van der Waals surface area contributed by atoms with Crippen molar-refractivity contribution >= 4 is 17.8 Å². The molecule has 3 aliphatic heterocycles. The third-order valence-electron chi connectivity index (χ3n) is 10.1. The predicted octanol–water partition coefficient (Wildman–Crippen LogP) is 4.80. The Morgan fingerprint density at radius 1 is 1.17 bits per heavy atom. The Hall–Kier alpha value is -2.19. The first kappa shape index (κ1) is 31.7. The molecule has 4 aliphatic rings. The second kappa shape index (κ2) is 13.4. The largest absolute Gasteiger partial charge is 0.465 e. The lowest BCUT2D eigenvalue weighted by Gasteiger charge is -2.42. The SMILES string of the molecule is C=CCCCCOC(=O)[C@@H]1[C@H]2C(=O)N([C@@H](CO)CC(C)C)C(C(=O)N(CC=C)C3CCCCC3)C23CC[C@@]1(CC)O3. The van der Waals surface area contributed by atoms with Gasteiger partial charge in [-0.2, -0.15) is 0 Å². The molecule has 0 aromatic rings. The molecule has 4 rings (SSSR count). The van der Waals surface area contributed by atoms with Crippen molar-refractivity contribution in [1.29, 1.82) is 0 Å². The van der Waals surface area contributed by atoms with Crippen molar-refractivity contribution in [2.24, 2.45) is 17.8 Å². The molecule has 0 radical (unpaired) electrons. The van der Waals surface area contributed by atoms with Gasteiger partial charge in [-0.05, 0) is 63.7 Å². The summed E-state index contributed by atoms with van der Waals surface area (Å²) in [6, 6.07) is -1.35. The van der Waals surface area contributed by atoms with E-state index in [4.69, 9.17) is 9.47 Å². The summed E-state index contributed by atoms with van der Waals surface area (Å²) >= 11 is 0. The summed E-state index contributed by atoms with van der Waals surface area (Å²) in [6.45, 7) is 14.2. The van der Waals surface area contributed by atoms with Gasteiger partial charge in [-0.25, -0.2) is 0 Å². The van der Waals surface area contributed by atoms with Crippen molar-refractivity contribution in [3.8, 4) is 0 Å². The van der Waals surface area contributed by atoms with Crippen LogP contribution in [0.1, 0.15) is 97.8 Å². The molecule has 4 fully saturated rings. The summed E-state index contributed by atoms with van der Waals surface area (Å²) in [5, 5.41) is 10.6. The first-order chi connectivity index (χ1) is 19.7. The lowest BCUT2D eigenvalue weighted by atomic mass is 9.65. The number of esters is 1. The minimum atomic E-state index is -1.12. The van der Waals surface area contributed by atoms with Gasteiger partial charge < -0.3 is 24.4 Å². The van der Waals surface area contributed by atoms with E-state index in [9.17, 15) is 19.5 Å². The van der Waals surface area contributed by atoms with Gasteiger partial charge in [0.25, 0.3) is 0 Å². The molecule has 2 unspecified atom stereocenters. The minimum Gasteiger partial charge on any atom is -0.465 e. The fourth-order valence-electron chi connectivity index (χ4n) is 8.27. The molecule has 8 heteroatoms. The molecule has 3 saturated heterocycles. The molecule has 1 N–H and O–H groups in total. The first-order valence-electron chi connectivity index (χ1n) is 16.0. The van der Waals surface area contributed by atoms with Gasteiger partial charge in [0.2, 0.25) is 11.8 Å². The van der Waals surface area contributed by atoms with Crippen LogP contribution < -0.4 is 0 Å². The highest BCUT2D eigenvalue weighted by Crippen LogP contribution is 2.65. The van der Waals surface area contributed by atoms with E-state index >= 15 is 0 Å². The van der Waals surface area contributed by atoms with Crippen molar-refractivity contribution in [2.75, 3.05) is 19.8 Å². The first-order valence-corrected chi connectivity index (χ1v) is 16.0. The number of aliphatic hydroxyl groups excluding tert-OH is 1. The number of rotatable bonds is 15. The summed E-state index contributed by atoms with van der Waals surface area (Å²) < 4.78 is 12.7. The number of carbonyl (C=O) groups is 3. The zero-order valence-electron chi connectivity index (χ0n) is 25.5. The Morgan fingerprint density at radius 2 is 1.90 bits per heavy atom. The number of fused-ring (bicyclic) bond motifs is 1. The van der Waals surface area contributed by atoms with Crippen molar-refractivity contribution in [3.63, 3.8) is 0 Å². The lowest BCUT2D eigenvalue weighted by molar-refractivity contribution is -0.164. The summed E-state index contributed by atoms with van der Waals surface area (Å²) in [6.07, 6.45) is 13.4. The number of nitrogens with zero attached hydrogens (tertiary/aromatic N) is 2. The molecule has 0 aromatic heterocycles. The molecule has 6 atom stereocenters.